The number of anilines is 1. The van der Waals surface area contributed by atoms with E-state index >= 15 is 4.39 Å². The van der Waals surface area contributed by atoms with Crippen molar-refractivity contribution in [2.24, 2.45) is 11.8 Å². The van der Waals surface area contributed by atoms with E-state index in [9.17, 15) is 4.79 Å². The zero-order valence-electron chi connectivity index (χ0n) is 22.4. The van der Waals surface area contributed by atoms with Crippen LogP contribution in [0.4, 0.5) is 10.2 Å². The van der Waals surface area contributed by atoms with E-state index in [2.05, 4.69) is 41.3 Å². The Balaban J connectivity index is 1.20. The highest BCUT2D eigenvalue weighted by molar-refractivity contribution is 5.77. The summed E-state index contributed by atoms with van der Waals surface area (Å²) in [6.45, 7) is 6.50. The molecule has 204 valence electrons. The first-order valence-corrected chi connectivity index (χ1v) is 13.8. The van der Waals surface area contributed by atoms with Crippen LogP contribution >= 0.6 is 0 Å². The number of rotatable bonds is 8. The van der Waals surface area contributed by atoms with E-state index in [4.69, 9.17) is 14.6 Å². The molecule has 1 saturated carbocycles. The summed E-state index contributed by atoms with van der Waals surface area (Å²) >= 11 is 0. The molecule has 8 heteroatoms. The van der Waals surface area contributed by atoms with Crippen LogP contribution in [0, 0.1) is 31.5 Å². The van der Waals surface area contributed by atoms with Crippen molar-refractivity contribution in [2.75, 3.05) is 25.1 Å². The molecule has 1 aliphatic heterocycles. The summed E-state index contributed by atoms with van der Waals surface area (Å²) in [6, 6.07) is 7.44. The number of fused-ring (bicyclic) bond motifs is 1. The molecule has 3 aromatic rings. The maximum absolute atomic E-state index is 15.2. The van der Waals surface area contributed by atoms with Crippen LogP contribution in [0.2, 0.25) is 0 Å². The van der Waals surface area contributed by atoms with Crippen LogP contribution < -0.4 is 10.1 Å². The smallest absolute Gasteiger partial charge is 0.307 e. The van der Waals surface area contributed by atoms with Crippen LogP contribution in [0.15, 0.2) is 36.7 Å². The molecule has 0 spiro atoms. The van der Waals surface area contributed by atoms with Crippen molar-refractivity contribution in [1.29, 1.82) is 0 Å². The monoisotopic (exact) mass is 531 g/mol. The summed E-state index contributed by atoms with van der Waals surface area (Å²) in [4.78, 5) is 20.1. The molecule has 0 amide bonds. The number of carboxylic acids is 1. The molecule has 0 bridgehead atoms. The first-order chi connectivity index (χ1) is 18.9. The Kier molecular flexibility index (Phi) is 6.97. The van der Waals surface area contributed by atoms with E-state index in [0.717, 1.165) is 72.5 Å². The second-order valence-corrected chi connectivity index (χ2v) is 11.1. The third-order valence-electron chi connectivity index (χ3n) is 8.42. The van der Waals surface area contributed by atoms with Gasteiger partial charge in [0.25, 0.3) is 0 Å². The number of hydrogen-bond acceptors (Lipinski definition) is 6. The van der Waals surface area contributed by atoms with Gasteiger partial charge in [-0.25, -0.2) is 9.37 Å². The largest absolute Gasteiger partial charge is 0.493 e. The van der Waals surface area contributed by atoms with Crippen LogP contribution in [0.5, 0.6) is 5.75 Å². The van der Waals surface area contributed by atoms with Crippen LogP contribution in [-0.2, 0) is 16.0 Å². The minimum atomic E-state index is -0.791. The average molecular weight is 532 g/mol. The van der Waals surface area contributed by atoms with Gasteiger partial charge in [0.05, 0.1) is 36.7 Å². The molecule has 1 saturated heterocycles. The number of nitrogens with one attached hydrogen (secondary N) is 1. The standard InChI is InChI=1S/C31H34FN3O4/c1-17-11-20(39-16-19-7-9-38-10-8-19)12-18(2)29(17)21-3-5-25(32)30-22(21)4-6-26(30)35-28-15-33-27(14-34-28)23-13-24(23)31(36)37/h3,5,11-12,14-15,19,23-24,26H,4,6-10,13,16H2,1-2H3,(H,34,35)(H,36,37)/t23-,24-,26-/m1/s1. The van der Waals surface area contributed by atoms with Gasteiger partial charge in [-0.1, -0.05) is 6.07 Å². The molecule has 2 heterocycles. The van der Waals surface area contributed by atoms with Crippen molar-refractivity contribution in [1.82, 2.24) is 9.97 Å². The van der Waals surface area contributed by atoms with Crippen molar-refractivity contribution < 1.29 is 23.8 Å². The molecule has 2 aliphatic carbocycles. The van der Waals surface area contributed by atoms with E-state index in [-0.39, 0.29) is 23.7 Å². The third-order valence-corrected chi connectivity index (χ3v) is 8.42. The number of carboxylic acid groups (broad SMARTS) is 1. The van der Waals surface area contributed by atoms with Crippen LogP contribution in [-0.4, -0.2) is 40.9 Å². The van der Waals surface area contributed by atoms with Gasteiger partial charge >= 0.3 is 5.97 Å². The highest BCUT2D eigenvalue weighted by atomic mass is 19.1. The fourth-order valence-electron chi connectivity index (χ4n) is 6.23. The van der Waals surface area contributed by atoms with Crippen molar-refractivity contribution in [3.8, 4) is 16.9 Å². The number of hydrogen-bond donors (Lipinski definition) is 2. The number of aromatic nitrogens is 2. The number of aliphatic carboxylic acids is 1. The molecular weight excluding hydrogens is 497 g/mol. The van der Waals surface area contributed by atoms with Crippen molar-refractivity contribution >= 4 is 11.8 Å². The lowest BCUT2D eigenvalue weighted by molar-refractivity contribution is -0.138. The number of halogens is 1. The van der Waals surface area contributed by atoms with Gasteiger partial charge in [0.15, 0.2) is 0 Å². The van der Waals surface area contributed by atoms with Crippen LogP contribution in [0.3, 0.4) is 0 Å². The van der Waals surface area contributed by atoms with E-state index in [1.54, 1.807) is 18.5 Å². The lowest BCUT2D eigenvalue weighted by Gasteiger charge is -2.23. The Bertz CT molecular complexity index is 1360. The Morgan fingerprint density at radius 1 is 1.13 bits per heavy atom. The summed E-state index contributed by atoms with van der Waals surface area (Å²) in [6.07, 6.45) is 7.44. The SMILES string of the molecule is Cc1cc(OCC2CCOCC2)cc(C)c1-c1ccc(F)c2c1CC[C@H]2Nc1cnc([C@@H]2C[C@H]2C(=O)O)cn1. The topological polar surface area (TPSA) is 93.6 Å². The van der Waals surface area contributed by atoms with Crippen molar-refractivity contribution in [3.63, 3.8) is 0 Å². The van der Waals surface area contributed by atoms with E-state index in [0.29, 0.717) is 36.0 Å². The van der Waals surface area contributed by atoms with E-state index < -0.39 is 5.97 Å². The molecule has 6 rings (SSSR count). The van der Waals surface area contributed by atoms with Crippen LogP contribution in [0.1, 0.15) is 65.6 Å². The molecule has 39 heavy (non-hydrogen) atoms. The van der Waals surface area contributed by atoms with Crippen LogP contribution in [0.25, 0.3) is 11.1 Å². The van der Waals surface area contributed by atoms with Gasteiger partial charge in [0.1, 0.15) is 17.4 Å². The molecule has 3 atom stereocenters. The maximum Gasteiger partial charge on any atom is 0.307 e. The first kappa shape index (κ1) is 25.7. The van der Waals surface area contributed by atoms with Gasteiger partial charge in [-0.2, -0.15) is 0 Å². The predicted octanol–water partition coefficient (Wildman–Crippen LogP) is 5.99. The minimum Gasteiger partial charge on any atom is -0.493 e. The highest BCUT2D eigenvalue weighted by Crippen LogP contribution is 2.47. The molecule has 1 aromatic heterocycles. The minimum absolute atomic E-state index is 0.0682. The van der Waals surface area contributed by atoms with Crippen molar-refractivity contribution in [2.45, 2.75) is 57.9 Å². The summed E-state index contributed by atoms with van der Waals surface area (Å²) < 4.78 is 26.8. The zero-order chi connectivity index (χ0) is 27.1. The zero-order valence-corrected chi connectivity index (χ0v) is 22.4. The normalized spacial score (nSPS) is 22.4. The lowest BCUT2D eigenvalue weighted by Crippen LogP contribution is -2.21. The van der Waals surface area contributed by atoms with Gasteiger partial charge in [-0.15, -0.1) is 0 Å². The van der Waals surface area contributed by atoms with E-state index in [1.165, 1.54) is 0 Å². The molecule has 2 aromatic carbocycles. The predicted molar refractivity (Wildman–Crippen MR) is 146 cm³/mol. The summed E-state index contributed by atoms with van der Waals surface area (Å²) in [5, 5.41) is 12.5. The Labute approximate surface area is 227 Å². The van der Waals surface area contributed by atoms with Gasteiger partial charge < -0.3 is 19.9 Å². The number of ether oxygens (including phenoxy) is 2. The fourth-order valence-corrected chi connectivity index (χ4v) is 6.23. The second-order valence-electron chi connectivity index (χ2n) is 11.1. The van der Waals surface area contributed by atoms with E-state index in [1.807, 2.05) is 6.07 Å². The van der Waals surface area contributed by atoms with Gasteiger partial charge in [-0.3, -0.25) is 9.78 Å². The van der Waals surface area contributed by atoms with Gasteiger partial charge in [-0.05, 0) is 97.9 Å². The number of benzene rings is 2. The molecule has 2 fully saturated rings. The highest BCUT2D eigenvalue weighted by Gasteiger charge is 2.45. The number of nitrogens with zero attached hydrogens (tertiary/aromatic N) is 2. The van der Waals surface area contributed by atoms with Crippen molar-refractivity contribution in [3.05, 3.63) is 70.4 Å². The molecule has 2 N–H and O–H groups in total. The summed E-state index contributed by atoms with van der Waals surface area (Å²) in [5.41, 5.74) is 6.83. The number of aryl methyl sites for hydroxylation is 2. The Hall–Kier alpha value is -3.52. The maximum atomic E-state index is 15.2. The first-order valence-electron chi connectivity index (χ1n) is 13.8. The molecule has 0 radical (unpaired) electrons. The second kappa shape index (κ2) is 10.6. The summed E-state index contributed by atoms with van der Waals surface area (Å²) in [5.74, 6) is 0.518. The molecule has 0 unspecified atom stereocenters. The molecule has 3 aliphatic rings. The quantitative estimate of drug-likeness (QED) is 0.369. The molecular formula is C31H34FN3O4. The van der Waals surface area contributed by atoms with Gasteiger partial charge in [0, 0.05) is 24.7 Å². The average Bonchev–Trinajstić information content (AvgIpc) is 3.63. The van der Waals surface area contributed by atoms with Gasteiger partial charge in [0.2, 0.25) is 0 Å². The molecule has 7 nitrogen and oxygen atoms in total. The lowest BCUT2D eigenvalue weighted by atomic mass is 9.90. The third kappa shape index (κ3) is 5.22. The Morgan fingerprint density at radius 3 is 2.56 bits per heavy atom. The fraction of sp³-hybridized carbons (Fsp3) is 0.452. The number of carbonyl (C=O) groups is 1. The Morgan fingerprint density at radius 2 is 1.90 bits per heavy atom. The summed E-state index contributed by atoms with van der Waals surface area (Å²) in [7, 11) is 0.